The van der Waals surface area contributed by atoms with Crippen LogP contribution in [0.2, 0.25) is 0 Å². The van der Waals surface area contributed by atoms with Crippen molar-refractivity contribution in [3.63, 3.8) is 0 Å². The predicted octanol–water partition coefficient (Wildman–Crippen LogP) is 1.60. The molecule has 0 aliphatic heterocycles. The molecule has 0 radical (unpaired) electrons. The second-order valence-electron chi connectivity index (χ2n) is 3.69. The molecular weight excluding hydrogens is 194 g/mol. The van der Waals surface area contributed by atoms with E-state index in [1.165, 1.54) is 12.8 Å². The second-order valence-corrected chi connectivity index (χ2v) is 3.69. The fraction of sp³-hybridized carbons (Fsp3) is 0.909. The van der Waals surface area contributed by atoms with Crippen LogP contribution in [0.25, 0.3) is 0 Å². The molecule has 0 spiro atoms. The third-order valence-electron chi connectivity index (χ3n) is 2.33. The van der Waals surface area contributed by atoms with Gasteiger partial charge in [0, 0.05) is 20.2 Å². The molecule has 0 heterocycles. The number of ether oxygens (including phenoxy) is 1. The minimum Gasteiger partial charge on any atom is -0.481 e. The van der Waals surface area contributed by atoms with Crippen molar-refractivity contribution in [3.05, 3.63) is 0 Å². The molecule has 0 bridgehead atoms. The Morgan fingerprint density at radius 3 is 2.53 bits per heavy atom. The maximum Gasteiger partial charge on any atom is 0.304 e. The number of unbranched alkanes of at least 4 members (excludes halogenated alkanes) is 2. The number of aliphatic carboxylic acids is 1. The Morgan fingerprint density at radius 1 is 1.27 bits per heavy atom. The van der Waals surface area contributed by atoms with Crippen LogP contribution in [0, 0.1) is 0 Å². The number of nitrogens with zero attached hydrogens (tertiary/aromatic N) is 1. The molecule has 0 atom stereocenters. The lowest BCUT2D eigenvalue weighted by Crippen LogP contribution is -2.30. The number of hydrogen-bond donors (Lipinski definition) is 1. The first kappa shape index (κ1) is 14.4. The molecule has 90 valence electrons. The van der Waals surface area contributed by atoms with Crippen molar-refractivity contribution in [2.45, 2.75) is 32.6 Å². The van der Waals surface area contributed by atoms with Gasteiger partial charge in [0.2, 0.25) is 0 Å². The SMILES string of the molecule is CCCCCN(CCOC)CCC(=O)O. The largest absolute Gasteiger partial charge is 0.481 e. The third kappa shape index (κ3) is 9.69. The molecule has 15 heavy (non-hydrogen) atoms. The van der Waals surface area contributed by atoms with E-state index in [1.54, 1.807) is 7.11 Å². The lowest BCUT2D eigenvalue weighted by atomic mass is 10.2. The molecule has 1 N–H and O–H groups in total. The molecule has 0 aliphatic carbocycles. The Morgan fingerprint density at radius 2 is 2.00 bits per heavy atom. The molecular formula is C11H23NO3. The number of carbonyl (C=O) groups is 1. The second kappa shape index (κ2) is 9.93. The van der Waals surface area contributed by atoms with Gasteiger partial charge in [-0.05, 0) is 13.0 Å². The maximum absolute atomic E-state index is 10.4. The molecule has 0 unspecified atom stereocenters. The molecule has 4 nitrogen and oxygen atoms in total. The average Bonchev–Trinajstić information content (AvgIpc) is 2.21. The van der Waals surface area contributed by atoms with Gasteiger partial charge in [0.1, 0.15) is 0 Å². The maximum atomic E-state index is 10.4. The zero-order valence-corrected chi connectivity index (χ0v) is 9.87. The molecule has 0 aromatic rings. The van der Waals surface area contributed by atoms with E-state index in [9.17, 15) is 4.79 Å². The van der Waals surface area contributed by atoms with E-state index < -0.39 is 5.97 Å². The molecule has 0 fully saturated rings. The van der Waals surface area contributed by atoms with Crippen LogP contribution < -0.4 is 0 Å². The van der Waals surface area contributed by atoms with Crippen LogP contribution in [0.3, 0.4) is 0 Å². The van der Waals surface area contributed by atoms with E-state index in [2.05, 4.69) is 11.8 Å². The van der Waals surface area contributed by atoms with Gasteiger partial charge in [-0.3, -0.25) is 4.79 Å². The zero-order valence-electron chi connectivity index (χ0n) is 9.87. The molecule has 0 aromatic heterocycles. The van der Waals surface area contributed by atoms with E-state index in [-0.39, 0.29) is 6.42 Å². The van der Waals surface area contributed by atoms with Crippen molar-refractivity contribution < 1.29 is 14.6 Å². The van der Waals surface area contributed by atoms with Crippen LogP contribution >= 0.6 is 0 Å². The summed E-state index contributed by atoms with van der Waals surface area (Å²) in [7, 11) is 1.67. The van der Waals surface area contributed by atoms with Crippen molar-refractivity contribution in [3.8, 4) is 0 Å². The molecule has 0 saturated heterocycles. The first-order chi connectivity index (χ1) is 7.20. The molecule has 4 heteroatoms. The van der Waals surface area contributed by atoms with Crippen molar-refractivity contribution in [2.24, 2.45) is 0 Å². The van der Waals surface area contributed by atoms with E-state index in [1.807, 2.05) is 0 Å². The van der Waals surface area contributed by atoms with E-state index in [0.29, 0.717) is 13.2 Å². The fourth-order valence-electron chi connectivity index (χ4n) is 1.39. The Bertz CT molecular complexity index is 162. The predicted molar refractivity (Wildman–Crippen MR) is 60.1 cm³/mol. The highest BCUT2D eigenvalue weighted by Crippen LogP contribution is 1.99. The van der Waals surface area contributed by atoms with E-state index >= 15 is 0 Å². The Balaban J connectivity index is 3.67. The summed E-state index contributed by atoms with van der Waals surface area (Å²) in [6.07, 6.45) is 3.75. The highest BCUT2D eigenvalue weighted by molar-refractivity contribution is 5.66. The summed E-state index contributed by atoms with van der Waals surface area (Å²) in [4.78, 5) is 12.6. The summed E-state index contributed by atoms with van der Waals surface area (Å²) in [5, 5.41) is 8.60. The molecule has 0 saturated carbocycles. The minimum absolute atomic E-state index is 0.218. The van der Waals surface area contributed by atoms with Crippen LogP contribution in [-0.4, -0.2) is 49.3 Å². The van der Waals surface area contributed by atoms with Gasteiger partial charge in [-0.1, -0.05) is 19.8 Å². The summed E-state index contributed by atoms with van der Waals surface area (Å²) in [5.74, 6) is -0.729. The van der Waals surface area contributed by atoms with Crippen molar-refractivity contribution >= 4 is 5.97 Å². The molecule has 0 rings (SSSR count). The normalized spacial score (nSPS) is 10.9. The van der Waals surface area contributed by atoms with Gasteiger partial charge in [-0.15, -0.1) is 0 Å². The quantitative estimate of drug-likeness (QED) is 0.565. The topological polar surface area (TPSA) is 49.8 Å². The van der Waals surface area contributed by atoms with Crippen LogP contribution in [0.5, 0.6) is 0 Å². The average molecular weight is 217 g/mol. The Hall–Kier alpha value is -0.610. The van der Waals surface area contributed by atoms with Crippen molar-refractivity contribution in [1.82, 2.24) is 4.90 Å². The van der Waals surface area contributed by atoms with Gasteiger partial charge in [0.15, 0.2) is 0 Å². The number of carboxylic acid groups (broad SMARTS) is 1. The van der Waals surface area contributed by atoms with E-state index in [4.69, 9.17) is 9.84 Å². The lowest BCUT2D eigenvalue weighted by Gasteiger charge is -2.20. The van der Waals surface area contributed by atoms with Crippen LogP contribution in [0.1, 0.15) is 32.6 Å². The van der Waals surface area contributed by atoms with E-state index in [0.717, 1.165) is 19.5 Å². The van der Waals surface area contributed by atoms with Gasteiger partial charge in [0.05, 0.1) is 13.0 Å². The van der Waals surface area contributed by atoms with Gasteiger partial charge in [0.25, 0.3) is 0 Å². The number of methoxy groups -OCH3 is 1. The first-order valence-corrected chi connectivity index (χ1v) is 5.63. The lowest BCUT2D eigenvalue weighted by molar-refractivity contribution is -0.137. The van der Waals surface area contributed by atoms with Crippen molar-refractivity contribution in [2.75, 3.05) is 33.4 Å². The smallest absolute Gasteiger partial charge is 0.304 e. The fourth-order valence-corrected chi connectivity index (χ4v) is 1.39. The van der Waals surface area contributed by atoms with Crippen molar-refractivity contribution in [1.29, 1.82) is 0 Å². The standard InChI is InChI=1S/C11H23NO3/c1-3-4-5-7-12(9-10-15-2)8-6-11(13)14/h3-10H2,1-2H3,(H,13,14). The first-order valence-electron chi connectivity index (χ1n) is 5.63. The highest BCUT2D eigenvalue weighted by atomic mass is 16.5. The number of hydrogen-bond acceptors (Lipinski definition) is 3. The zero-order chi connectivity index (χ0) is 11.5. The van der Waals surface area contributed by atoms with Gasteiger partial charge in [-0.25, -0.2) is 0 Å². The van der Waals surface area contributed by atoms with Gasteiger partial charge < -0.3 is 14.7 Å². The Labute approximate surface area is 92.2 Å². The molecule has 0 aromatic carbocycles. The van der Waals surface area contributed by atoms with Gasteiger partial charge >= 0.3 is 5.97 Å². The summed E-state index contributed by atoms with van der Waals surface area (Å²) in [5.41, 5.74) is 0. The van der Waals surface area contributed by atoms with Crippen LogP contribution in [0.4, 0.5) is 0 Å². The summed E-state index contributed by atoms with van der Waals surface area (Å²) in [6, 6.07) is 0. The molecule has 0 amide bonds. The summed E-state index contributed by atoms with van der Waals surface area (Å²) < 4.78 is 5.00. The summed E-state index contributed by atoms with van der Waals surface area (Å²) >= 11 is 0. The number of rotatable bonds is 10. The highest BCUT2D eigenvalue weighted by Gasteiger charge is 2.06. The minimum atomic E-state index is -0.729. The molecule has 0 aliphatic rings. The third-order valence-corrected chi connectivity index (χ3v) is 2.33. The summed E-state index contributed by atoms with van der Waals surface area (Å²) in [6.45, 7) is 5.27. The number of carboxylic acids is 1. The monoisotopic (exact) mass is 217 g/mol. The van der Waals surface area contributed by atoms with Crippen LogP contribution in [-0.2, 0) is 9.53 Å². The van der Waals surface area contributed by atoms with Crippen LogP contribution in [0.15, 0.2) is 0 Å². The van der Waals surface area contributed by atoms with Gasteiger partial charge in [-0.2, -0.15) is 0 Å². The Kier molecular flexibility index (Phi) is 9.52.